The Labute approximate surface area is 294 Å². The minimum absolute atomic E-state index is 0.513. The molecule has 0 amide bonds. The Morgan fingerprint density at radius 2 is 0.941 bits per heavy atom. The molecule has 1 aliphatic carbocycles. The highest BCUT2D eigenvalue weighted by Crippen LogP contribution is 2.63. The lowest BCUT2D eigenvalue weighted by Crippen LogP contribution is -2.36. The fourth-order valence-electron chi connectivity index (χ4n) is 8.45. The average Bonchev–Trinajstić information content (AvgIpc) is 3.72. The van der Waals surface area contributed by atoms with Crippen LogP contribution in [0.3, 0.4) is 0 Å². The molecule has 0 radical (unpaired) electrons. The van der Waals surface area contributed by atoms with E-state index in [-0.39, 0.29) is 0 Å². The lowest BCUT2D eigenvalue weighted by Gasteiger charge is -2.44. The first-order valence-corrected chi connectivity index (χ1v) is 17.2. The zero-order valence-corrected chi connectivity index (χ0v) is 27.4. The van der Waals surface area contributed by atoms with Gasteiger partial charge in [0.1, 0.15) is 11.2 Å². The number of hydrogen-bond donors (Lipinski definition) is 0. The Balaban J connectivity index is 1.18. The van der Waals surface area contributed by atoms with E-state index in [4.69, 9.17) is 19.4 Å². The first kappa shape index (κ1) is 28.0. The zero-order chi connectivity index (χ0) is 33.5. The molecule has 7 aromatic carbocycles. The van der Waals surface area contributed by atoms with Crippen LogP contribution in [0.2, 0.25) is 0 Å². The Morgan fingerprint density at radius 1 is 0.412 bits per heavy atom. The third kappa shape index (κ3) is 3.88. The summed E-state index contributed by atoms with van der Waals surface area (Å²) in [6.45, 7) is 0. The maximum absolute atomic E-state index is 6.30. The normalized spacial score (nSPS) is 13.6. The molecule has 2 aromatic heterocycles. The Hall–Kier alpha value is -6.85. The Kier molecular flexibility index (Phi) is 5.81. The van der Waals surface area contributed by atoms with Gasteiger partial charge in [0.25, 0.3) is 0 Å². The van der Waals surface area contributed by atoms with E-state index >= 15 is 0 Å². The molecule has 0 atom stereocenters. The SMILES string of the molecule is c1ccc(-c2nc(-c3ccc4c(c3)oc3ccccc34)nc(N3c4ccccc4C4(c5ccccc5-c5ccccc54)c4ccccc43)n2)cc1. The van der Waals surface area contributed by atoms with Gasteiger partial charge in [0.05, 0.1) is 16.8 Å². The average molecular weight is 653 g/mol. The number of aromatic nitrogens is 3. The summed E-state index contributed by atoms with van der Waals surface area (Å²) in [6, 6.07) is 59.6. The van der Waals surface area contributed by atoms with Crippen LogP contribution in [-0.2, 0) is 5.41 Å². The van der Waals surface area contributed by atoms with Gasteiger partial charge in [-0.2, -0.15) is 9.97 Å². The van der Waals surface area contributed by atoms with Gasteiger partial charge in [0.2, 0.25) is 5.95 Å². The lowest BCUT2D eigenvalue weighted by molar-refractivity contribution is 0.669. The molecule has 51 heavy (non-hydrogen) atoms. The standard InChI is InChI=1S/C46H28N4O/c1-2-14-29(15-3-1)43-47-44(30-26-27-34-33-18-6-13-25-41(33)51-42(34)28-30)49-45(48-43)50-39-23-11-9-21-37(39)46(38-22-10-12-24-40(38)50)35-19-7-4-16-31(35)32-17-5-8-20-36(32)46/h1-28H. The number of benzene rings is 7. The van der Waals surface area contributed by atoms with Crippen molar-refractivity contribution in [2.24, 2.45) is 0 Å². The summed E-state index contributed by atoms with van der Waals surface area (Å²) < 4.78 is 6.30. The monoisotopic (exact) mass is 652 g/mol. The second kappa shape index (κ2) is 10.6. The predicted molar refractivity (Wildman–Crippen MR) is 204 cm³/mol. The van der Waals surface area contributed by atoms with Crippen molar-refractivity contribution < 1.29 is 4.42 Å². The number of nitrogens with zero attached hydrogens (tertiary/aromatic N) is 4. The van der Waals surface area contributed by atoms with E-state index in [2.05, 4.69) is 120 Å². The highest BCUT2D eigenvalue weighted by molar-refractivity contribution is 6.05. The van der Waals surface area contributed by atoms with Crippen molar-refractivity contribution in [3.8, 4) is 33.9 Å². The molecule has 5 nitrogen and oxygen atoms in total. The first-order valence-electron chi connectivity index (χ1n) is 17.2. The minimum atomic E-state index is -0.513. The summed E-state index contributed by atoms with van der Waals surface area (Å²) in [5.74, 6) is 1.73. The van der Waals surface area contributed by atoms with Crippen LogP contribution in [-0.4, -0.2) is 15.0 Å². The first-order chi connectivity index (χ1) is 25.3. The van der Waals surface area contributed by atoms with E-state index in [0.29, 0.717) is 17.6 Å². The molecule has 1 spiro atoms. The van der Waals surface area contributed by atoms with Crippen molar-refractivity contribution in [2.45, 2.75) is 5.41 Å². The van der Waals surface area contributed by atoms with Gasteiger partial charge in [-0.15, -0.1) is 0 Å². The van der Waals surface area contributed by atoms with Gasteiger partial charge in [0, 0.05) is 21.9 Å². The van der Waals surface area contributed by atoms with Crippen LogP contribution in [0.25, 0.3) is 55.8 Å². The molecule has 5 heteroatoms. The molecule has 0 bridgehead atoms. The second-order valence-electron chi connectivity index (χ2n) is 13.2. The van der Waals surface area contributed by atoms with E-state index in [9.17, 15) is 0 Å². The molecule has 3 heterocycles. The molecule has 0 saturated carbocycles. The summed E-state index contributed by atoms with van der Waals surface area (Å²) >= 11 is 0. The number of hydrogen-bond acceptors (Lipinski definition) is 5. The number of para-hydroxylation sites is 3. The van der Waals surface area contributed by atoms with Crippen molar-refractivity contribution in [2.75, 3.05) is 4.90 Å². The van der Waals surface area contributed by atoms with E-state index in [0.717, 1.165) is 44.4 Å². The van der Waals surface area contributed by atoms with Crippen LogP contribution in [0, 0.1) is 0 Å². The maximum atomic E-state index is 6.30. The van der Waals surface area contributed by atoms with E-state index in [1.165, 1.54) is 33.4 Å². The quantitative estimate of drug-likeness (QED) is 0.190. The van der Waals surface area contributed by atoms with Gasteiger partial charge in [0.15, 0.2) is 11.6 Å². The van der Waals surface area contributed by atoms with Crippen LogP contribution < -0.4 is 4.90 Å². The van der Waals surface area contributed by atoms with Crippen LogP contribution in [0.15, 0.2) is 174 Å². The van der Waals surface area contributed by atoms with Gasteiger partial charge in [-0.25, -0.2) is 4.98 Å². The van der Waals surface area contributed by atoms with Crippen LogP contribution in [0.4, 0.5) is 17.3 Å². The predicted octanol–water partition coefficient (Wildman–Crippen LogP) is 11.3. The second-order valence-corrected chi connectivity index (χ2v) is 13.2. The van der Waals surface area contributed by atoms with Crippen LogP contribution in [0.5, 0.6) is 0 Å². The smallest absolute Gasteiger partial charge is 0.238 e. The highest BCUT2D eigenvalue weighted by atomic mass is 16.3. The summed E-state index contributed by atoms with van der Waals surface area (Å²) in [7, 11) is 0. The number of furan rings is 1. The number of anilines is 3. The van der Waals surface area contributed by atoms with Gasteiger partial charge in [-0.1, -0.05) is 140 Å². The zero-order valence-electron chi connectivity index (χ0n) is 27.4. The fraction of sp³-hybridized carbons (Fsp3) is 0.0217. The summed E-state index contributed by atoms with van der Waals surface area (Å²) in [6.07, 6.45) is 0. The topological polar surface area (TPSA) is 55.1 Å². The summed E-state index contributed by atoms with van der Waals surface area (Å²) in [5.41, 5.74) is 12.5. The lowest BCUT2D eigenvalue weighted by atomic mass is 9.65. The van der Waals surface area contributed by atoms with Gasteiger partial charge in [-0.05, 0) is 63.7 Å². The van der Waals surface area contributed by atoms with Crippen molar-refractivity contribution in [1.29, 1.82) is 0 Å². The summed E-state index contributed by atoms with van der Waals surface area (Å²) in [4.78, 5) is 17.8. The third-order valence-electron chi connectivity index (χ3n) is 10.5. The summed E-state index contributed by atoms with van der Waals surface area (Å²) in [5, 5.41) is 2.15. The molecule has 0 fully saturated rings. The Bertz CT molecular complexity index is 2740. The molecule has 0 unspecified atom stereocenters. The molecular weight excluding hydrogens is 625 g/mol. The molecule has 238 valence electrons. The van der Waals surface area contributed by atoms with Crippen molar-refractivity contribution in [3.63, 3.8) is 0 Å². The Morgan fingerprint density at radius 3 is 1.63 bits per heavy atom. The molecule has 11 rings (SSSR count). The molecule has 0 N–H and O–H groups in total. The van der Waals surface area contributed by atoms with Crippen LogP contribution >= 0.6 is 0 Å². The van der Waals surface area contributed by atoms with E-state index < -0.39 is 5.41 Å². The molecule has 2 aliphatic rings. The van der Waals surface area contributed by atoms with Gasteiger partial charge in [-0.3, -0.25) is 4.90 Å². The molecule has 1 aliphatic heterocycles. The largest absolute Gasteiger partial charge is 0.456 e. The molecule has 9 aromatic rings. The van der Waals surface area contributed by atoms with Crippen molar-refractivity contribution >= 4 is 39.3 Å². The highest BCUT2D eigenvalue weighted by Gasteiger charge is 2.51. The minimum Gasteiger partial charge on any atom is -0.456 e. The fourth-order valence-corrected chi connectivity index (χ4v) is 8.45. The maximum Gasteiger partial charge on any atom is 0.238 e. The van der Waals surface area contributed by atoms with Crippen molar-refractivity contribution in [1.82, 2.24) is 15.0 Å². The third-order valence-corrected chi connectivity index (χ3v) is 10.5. The van der Waals surface area contributed by atoms with E-state index in [1.54, 1.807) is 0 Å². The van der Waals surface area contributed by atoms with Crippen LogP contribution in [0.1, 0.15) is 22.3 Å². The van der Waals surface area contributed by atoms with Gasteiger partial charge >= 0.3 is 0 Å². The molecular formula is C46H28N4O. The van der Waals surface area contributed by atoms with Gasteiger partial charge < -0.3 is 4.42 Å². The molecule has 0 saturated heterocycles. The number of fused-ring (bicyclic) bond motifs is 12. The number of rotatable bonds is 3. The van der Waals surface area contributed by atoms with Crippen molar-refractivity contribution in [3.05, 3.63) is 192 Å². The van der Waals surface area contributed by atoms with E-state index in [1.807, 2.05) is 54.6 Å².